The van der Waals surface area contributed by atoms with Crippen molar-refractivity contribution in [2.75, 3.05) is 5.32 Å². The summed E-state index contributed by atoms with van der Waals surface area (Å²) < 4.78 is 0. The molecule has 0 aliphatic heterocycles. The van der Waals surface area contributed by atoms with Crippen molar-refractivity contribution < 1.29 is 0 Å². The van der Waals surface area contributed by atoms with Crippen LogP contribution < -0.4 is 5.32 Å². The minimum Gasteiger partial charge on any atom is -0.381 e. The SMILES string of the molecule is Cc1cc(C2CCCCC2)c(Cl)cc1/N=N/c1ccc(NCc2ccccc2)cc1. The van der Waals surface area contributed by atoms with Crippen LogP contribution in [0.25, 0.3) is 0 Å². The van der Waals surface area contributed by atoms with Gasteiger partial charge in [-0.25, -0.2) is 0 Å². The van der Waals surface area contributed by atoms with E-state index >= 15 is 0 Å². The van der Waals surface area contributed by atoms with Crippen LogP contribution in [0.4, 0.5) is 17.1 Å². The first kappa shape index (κ1) is 20.6. The van der Waals surface area contributed by atoms with Crippen LogP contribution in [0.1, 0.15) is 54.7 Å². The lowest BCUT2D eigenvalue weighted by molar-refractivity contribution is 0.443. The van der Waals surface area contributed by atoms with Crippen LogP contribution in [0, 0.1) is 6.92 Å². The van der Waals surface area contributed by atoms with E-state index in [4.69, 9.17) is 11.6 Å². The van der Waals surface area contributed by atoms with Gasteiger partial charge in [-0.05, 0) is 72.7 Å². The lowest BCUT2D eigenvalue weighted by Crippen LogP contribution is -2.05. The van der Waals surface area contributed by atoms with E-state index < -0.39 is 0 Å². The number of hydrogen-bond acceptors (Lipinski definition) is 3. The van der Waals surface area contributed by atoms with Crippen LogP contribution in [-0.2, 0) is 6.54 Å². The summed E-state index contributed by atoms with van der Waals surface area (Å²) >= 11 is 6.61. The molecule has 4 rings (SSSR count). The van der Waals surface area contributed by atoms with E-state index in [9.17, 15) is 0 Å². The molecular weight excluding hydrogens is 390 g/mol. The van der Waals surface area contributed by atoms with E-state index in [1.54, 1.807) is 0 Å². The van der Waals surface area contributed by atoms with Crippen molar-refractivity contribution >= 4 is 28.7 Å². The molecule has 3 aromatic carbocycles. The van der Waals surface area contributed by atoms with Gasteiger partial charge in [0.25, 0.3) is 0 Å². The molecule has 0 atom stereocenters. The minimum atomic E-state index is 0.590. The Morgan fingerprint density at radius 1 is 0.900 bits per heavy atom. The van der Waals surface area contributed by atoms with Crippen LogP contribution in [-0.4, -0.2) is 0 Å². The highest BCUT2D eigenvalue weighted by molar-refractivity contribution is 6.31. The zero-order chi connectivity index (χ0) is 20.8. The summed E-state index contributed by atoms with van der Waals surface area (Å²) in [5.74, 6) is 0.590. The third-order valence-electron chi connectivity index (χ3n) is 5.84. The van der Waals surface area contributed by atoms with Gasteiger partial charge in [-0.2, -0.15) is 10.2 Å². The molecule has 0 amide bonds. The second-order valence-electron chi connectivity index (χ2n) is 8.08. The minimum absolute atomic E-state index is 0.590. The fourth-order valence-electron chi connectivity index (χ4n) is 4.09. The molecule has 1 N–H and O–H groups in total. The van der Waals surface area contributed by atoms with Crippen LogP contribution in [0.5, 0.6) is 0 Å². The maximum absolute atomic E-state index is 6.61. The van der Waals surface area contributed by atoms with E-state index in [0.29, 0.717) is 5.92 Å². The normalized spacial score (nSPS) is 14.9. The van der Waals surface area contributed by atoms with E-state index in [0.717, 1.165) is 34.2 Å². The molecule has 154 valence electrons. The van der Waals surface area contributed by atoms with Gasteiger partial charge in [0.15, 0.2) is 0 Å². The molecule has 0 spiro atoms. The van der Waals surface area contributed by atoms with Crippen molar-refractivity contribution in [3.8, 4) is 0 Å². The Hall–Kier alpha value is -2.65. The average molecular weight is 418 g/mol. The Bertz CT molecular complexity index is 991. The highest BCUT2D eigenvalue weighted by Gasteiger charge is 2.19. The Kier molecular flexibility index (Phi) is 6.81. The molecule has 1 aliphatic rings. The van der Waals surface area contributed by atoms with Crippen molar-refractivity contribution in [1.29, 1.82) is 0 Å². The van der Waals surface area contributed by atoms with E-state index in [-0.39, 0.29) is 0 Å². The third kappa shape index (κ3) is 5.28. The molecule has 0 saturated heterocycles. The predicted octanol–water partition coefficient (Wildman–Crippen LogP) is 8.72. The number of nitrogens with one attached hydrogen (secondary N) is 1. The van der Waals surface area contributed by atoms with Gasteiger partial charge in [0.05, 0.1) is 11.4 Å². The summed E-state index contributed by atoms with van der Waals surface area (Å²) in [6.45, 7) is 2.89. The summed E-state index contributed by atoms with van der Waals surface area (Å²) in [5, 5.41) is 13.1. The fourth-order valence-corrected chi connectivity index (χ4v) is 4.40. The van der Waals surface area contributed by atoms with E-state index in [1.165, 1.54) is 43.2 Å². The van der Waals surface area contributed by atoms with Crippen LogP contribution in [0.3, 0.4) is 0 Å². The number of anilines is 1. The molecule has 1 fully saturated rings. The van der Waals surface area contributed by atoms with Crippen molar-refractivity contribution in [2.45, 2.75) is 51.5 Å². The first-order chi connectivity index (χ1) is 14.7. The van der Waals surface area contributed by atoms with Crippen LogP contribution in [0.15, 0.2) is 77.0 Å². The zero-order valence-electron chi connectivity index (χ0n) is 17.4. The third-order valence-corrected chi connectivity index (χ3v) is 6.17. The van der Waals surface area contributed by atoms with Gasteiger partial charge >= 0.3 is 0 Å². The zero-order valence-corrected chi connectivity index (χ0v) is 18.2. The summed E-state index contributed by atoms with van der Waals surface area (Å²) in [6.07, 6.45) is 6.44. The molecule has 0 bridgehead atoms. The molecular formula is C26H28ClN3. The summed E-state index contributed by atoms with van der Waals surface area (Å²) in [7, 11) is 0. The van der Waals surface area contributed by atoms with Gasteiger partial charge in [0.1, 0.15) is 0 Å². The first-order valence-electron chi connectivity index (χ1n) is 10.8. The van der Waals surface area contributed by atoms with Gasteiger partial charge in [-0.15, -0.1) is 0 Å². The summed E-state index contributed by atoms with van der Waals surface area (Å²) in [4.78, 5) is 0. The number of nitrogens with zero attached hydrogens (tertiary/aromatic N) is 2. The van der Waals surface area contributed by atoms with Crippen molar-refractivity contribution in [3.63, 3.8) is 0 Å². The van der Waals surface area contributed by atoms with Gasteiger partial charge in [-0.3, -0.25) is 0 Å². The quantitative estimate of drug-likeness (QED) is 0.400. The highest BCUT2D eigenvalue weighted by Crippen LogP contribution is 2.39. The second kappa shape index (κ2) is 9.90. The summed E-state index contributed by atoms with van der Waals surface area (Å²) in [6, 6.07) is 22.6. The smallest absolute Gasteiger partial charge is 0.0901 e. The highest BCUT2D eigenvalue weighted by atomic mass is 35.5. The van der Waals surface area contributed by atoms with Crippen molar-refractivity contribution in [3.05, 3.63) is 88.4 Å². The van der Waals surface area contributed by atoms with Crippen LogP contribution in [0.2, 0.25) is 5.02 Å². The first-order valence-corrected chi connectivity index (χ1v) is 11.2. The second-order valence-corrected chi connectivity index (χ2v) is 8.49. The Balaban J connectivity index is 1.41. The Morgan fingerprint density at radius 3 is 2.37 bits per heavy atom. The fraction of sp³-hybridized carbons (Fsp3) is 0.308. The largest absolute Gasteiger partial charge is 0.381 e. The number of halogens is 1. The molecule has 3 nitrogen and oxygen atoms in total. The van der Waals surface area contributed by atoms with Gasteiger partial charge in [0, 0.05) is 17.3 Å². The number of rotatable bonds is 6. The predicted molar refractivity (Wildman–Crippen MR) is 126 cm³/mol. The topological polar surface area (TPSA) is 36.8 Å². The van der Waals surface area contributed by atoms with Crippen LogP contribution >= 0.6 is 11.6 Å². The van der Waals surface area contributed by atoms with E-state index in [1.807, 2.05) is 36.4 Å². The molecule has 4 heteroatoms. The lowest BCUT2D eigenvalue weighted by atomic mass is 9.83. The number of aryl methyl sites for hydroxylation is 1. The Morgan fingerprint density at radius 2 is 1.63 bits per heavy atom. The van der Waals surface area contributed by atoms with Gasteiger partial charge in [-0.1, -0.05) is 67.3 Å². The maximum atomic E-state index is 6.61. The Labute approximate surface area is 184 Å². The standard InChI is InChI=1S/C26H28ClN3/c1-19-16-24(21-10-6-3-7-11-21)25(27)17-26(19)30-29-23-14-12-22(13-15-23)28-18-20-8-4-2-5-9-20/h2,4-5,8-9,12-17,21,28H,3,6-7,10-11,18H2,1H3/b30-29+. The molecule has 30 heavy (non-hydrogen) atoms. The molecule has 1 aliphatic carbocycles. The molecule has 1 saturated carbocycles. The average Bonchev–Trinajstić information content (AvgIpc) is 2.80. The monoisotopic (exact) mass is 417 g/mol. The van der Waals surface area contributed by atoms with Crippen molar-refractivity contribution in [1.82, 2.24) is 0 Å². The number of azo groups is 1. The summed E-state index contributed by atoms with van der Waals surface area (Å²) in [5.41, 5.74) is 6.39. The molecule has 0 radical (unpaired) electrons. The van der Waals surface area contributed by atoms with Gasteiger partial charge < -0.3 is 5.32 Å². The maximum Gasteiger partial charge on any atom is 0.0901 e. The van der Waals surface area contributed by atoms with Crippen molar-refractivity contribution in [2.24, 2.45) is 10.2 Å². The molecule has 0 heterocycles. The number of hydrogen-bond donors (Lipinski definition) is 1. The van der Waals surface area contributed by atoms with Gasteiger partial charge in [0.2, 0.25) is 0 Å². The molecule has 0 unspecified atom stereocenters. The lowest BCUT2D eigenvalue weighted by Gasteiger charge is -2.23. The molecule has 0 aromatic heterocycles. The number of benzene rings is 3. The molecule has 3 aromatic rings. The van der Waals surface area contributed by atoms with E-state index in [2.05, 4.69) is 52.8 Å².